The van der Waals surface area contributed by atoms with Gasteiger partial charge in [-0.05, 0) is 39.7 Å². The third-order valence-corrected chi connectivity index (χ3v) is 4.78. The summed E-state index contributed by atoms with van der Waals surface area (Å²) in [6.07, 6.45) is 11.8. The minimum Gasteiger partial charge on any atom is -0.444 e. The minimum atomic E-state index is -0.524. The van der Waals surface area contributed by atoms with Crippen molar-refractivity contribution >= 4 is 23.1 Å². The van der Waals surface area contributed by atoms with E-state index in [0.717, 1.165) is 29.9 Å². The highest BCUT2D eigenvalue weighted by Gasteiger charge is 2.33. The molecule has 1 amide bonds. The Hall–Kier alpha value is -3.23. The molecular weight excluding hydrogens is 370 g/mol. The number of carbonyl (C=O) groups is 1. The van der Waals surface area contributed by atoms with E-state index in [1.807, 2.05) is 26.8 Å². The van der Waals surface area contributed by atoms with E-state index < -0.39 is 5.60 Å². The molecule has 1 aliphatic rings. The smallest absolute Gasteiger partial charge is 0.410 e. The van der Waals surface area contributed by atoms with Crippen LogP contribution in [0.5, 0.6) is 0 Å². The summed E-state index contributed by atoms with van der Waals surface area (Å²) in [5, 5.41) is 4.42. The van der Waals surface area contributed by atoms with Gasteiger partial charge in [0.2, 0.25) is 0 Å². The van der Waals surface area contributed by atoms with Crippen molar-refractivity contribution in [1.82, 2.24) is 29.5 Å². The zero-order chi connectivity index (χ0) is 20.4. The Balaban J connectivity index is 1.68. The largest absolute Gasteiger partial charge is 0.444 e. The van der Waals surface area contributed by atoms with Gasteiger partial charge in [0.1, 0.15) is 11.9 Å². The fourth-order valence-corrected chi connectivity index (χ4v) is 3.60. The van der Waals surface area contributed by atoms with Gasteiger partial charge in [-0.3, -0.25) is 4.98 Å². The second kappa shape index (κ2) is 7.65. The first-order chi connectivity index (χ1) is 13.9. The Morgan fingerprint density at radius 3 is 2.83 bits per heavy atom. The normalized spacial score (nSPS) is 17.3. The van der Waals surface area contributed by atoms with Gasteiger partial charge >= 0.3 is 6.09 Å². The predicted molar refractivity (Wildman–Crippen MR) is 108 cm³/mol. The molecule has 1 unspecified atom stereocenters. The number of anilines is 2. The first-order valence-corrected chi connectivity index (χ1v) is 9.73. The number of fused-ring (bicyclic) bond motifs is 1. The lowest BCUT2D eigenvalue weighted by atomic mass is 10.0. The van der Waals surface area contributed by atoms with Crippen molar-refractivity contribution in [3.63, 3.8) is 0 Å². The molecule has 1 aliphatic heterocycles. The molecule has 3 aromatic heterocycles. The molecule has 0 saturated carbocycles. The average Bonchev–Trinajstić information content (AvgIpc) is 3.12. The van der Waals surface area contributed by atoms with Crippen LogP contribution in [0.1, 0.15) is 33.6 Å². The van der Waals surface area contributed by atoms with E-state index in [4.69, 9.17) is 4.74 Å². The first kappa shape index (κ1) is 19.1. The van der Waals surface area contributed by atoms with Crippen LogP contribution in [0.25, 0.3) is 5.52 Å². The molecule has 29 heavy (non-hydrogen) atoms. The fraction of sp³-hybridized carbons (Fsp3) is 0.450. The topological polar surface area (TPSA) is 88.8 Å². The quantitative estimate of drug-likeness (QED) is 0.673. The number of amides is 1. The summed E-state index contributed by atoms with van der Waals surface area (Å²) in [7, 11) is 0. The van der Waals surface area contributed by atoms with Gasteiger partial charge in [-0.15, -0.1) is 0 Å². The van der Waals surface area contributed by atoms with Gasteiger partial charge in [0.25, 0.3) is 0 Å². The summed E-state index contributed by atoms with van der Waals surface area (Å²) in [5.41, 5.74) is 1.30. The molecule has 0 radical (unpaired) electrons. The highest BCUT2D eigenvalue weighted by atomic mass is 16.6. The molecule has 0 N–H and O–H groups in total. The maximum Gasteiger partial charge on any atom is 0.410 e. The molecule has 0 spiro atoms. The van der Waals surface area contributed by atoms with Crippen molar-refractivity contribution in [2.45, 2.75) is 45.3 Å². The van der Waals surface area contributed by atoms with E-state index in [1.165, 1.54) is 0 Å². The maximum atomic E-state index is 12.6. The van der Waals surface area contributed by atoms with Crippen LogP contribution in [-0.4, -0.2) is 60.3 Å². The second-order valence-corrected chi connectivity index (χ2v) is 8.10. The Labute approximate surface area is 169 Å². The molecule has 0 bridgehead atoms. The van der Waals surface area contributed by atoms with Crippen LogP contribution in [0.3, 0.4) is 0 Å². The highest BCUT2D eigenvalue weighted by molar-refractivity contribution is 5.77. The standard InChI is InChI=1S/C20H25N7O2/c1-20(2,3)29-19(28)25-10-4-5-15(13-25)27(18-12-21-8-9-23-18)17-11-24-26-14-22-7-6-16(17)26/h6-9,11-12,14-15H,4-5,10,13H2,1-3H3. The Kier molecular flexibility index (Phi) is 5.04. The van der Waals surface area contributed by atoms with Crippen LogP contribution in [-0.2, 0) is 4.74 Å². The van der Waals surface area contributed by atoms with Crippen molar-refractivity contribution in [2.75, 3.05) is 18.0 Å². The van der Waals surface area contributed by atoms with E-state index >= 15 is 0 Å². The van der Waals surface area contributed by atoms with E-state index in [2.05, 4.69) is 25.0 Å². The molecule has 1 atom stereocenters. The number of rotatable bonds is 3. The third kappa shape index (κ3) is 4.13. The van der Waals surface area contributed by atoms with Gasteiger partial charge in [-0.25, -0.2) is 19.3 Å². The molecule has 3 aromatic rings. The lowest BCUT2D eigenvalue weighted by Gasteiger charge is -2.39. The van der Waals surface area contributed by atoms with Gasteiger partial charge in [0, 0.05) is 31.7 Å². The number of nitrogens with zero attached hydrogens (tertiary/aromatic N) is 7. The van der Waals surface area contributed by atoms with Crippen LogP contribution >= 0.6 is 0 Å². The number of aromatic nitrogens is 5. The number of likely N-dealkylation sites (tertiary alicyclic amines) is 1. The summed E-state index contributed by atoms with van der Waals surface area (Å²) in [6.45, 7) is 6.86. The van der Waals surface area contributed by atoms with Crippen molar-refractivity contribution in [2.24, 2.45) is 0 Å². The van der Waals surface area contributed by atoms with Crippen molar-refractivity contribution in [3.8, 4) is 0 Å². The summed E-state index contributed by atoms with van der Waals surface area (Å²) >= 11 is 0. The second-order valence-electron chi connectivity index (χ2n) is 8.10. The molecule has 4 rings (SSSR count). The minimum absolute atomic E-state index is 0.0223. The van der Waals surface area contributed by atoms with Crippen molar-refractivity contribution < 1.29 is 9.53 Å². The average molecular weight is 395 g/mol. The molecule has 9 heteroatoms. The Morgan fingerprint density at radius 1 is 1.21 bits per heavy atom. The lowest BCUT2D eigenvalue weighted by Crippen LogP contribution is -2.50. The molecule has 0 aliphatic carbocycles. The lowest BCUT2D eigenvalue weighted by molar-refractivity contribution is 0.0200. The number of carbonyl (C=O) groups excluding carboxylic acids is 1. The van der Waals surface area contributed by atoms with Gasteiger partial charge in [-0.1, -0.05) is 0 Å². The molecule has 1 fully saturated rings. The van der Waals surface area contributed by atoms with E-state index in [0.29, 0.717) is 13.1 Å². The van der Waals surface area contributed by atoms with Crippen LogP contribution < -0.4 is 4.90 Å². The van der Waals surface area contributed by atoms with Crippen LogP contribution in [0, 0.1) is 0 Å². The van der Waals surface area contributed by atoms with Crippen LogP contribution in [0.4, 0.5) is 16.3 Å². The van der Waals surface area contributed by atoms with Gasteiger partial charge in [0.15, 0.2) is 5.82 Å². The van der Waals surface area contributed by atoms with E-state index in [9.17, 15) is 4.79 Å². The van der Waals surface area contributed by atoms with Crippen molar-refractivity contribution in [3.05, 3.63) is 43.4 Å². The number of piperidine rings is 1. The number of hydrogen-bond donors (Lipinski definition) is 0. The zero-order valence-electron chi connectivity index (χ0n) is 16.9. The molecular formula is C20H25N7O2. The SMILES string of the molecule is CC(C)(C)OC(=O)N1CCCC(N(c2cnccn2)c2cnn3cnccc23)C1. The first-order valence-electron chi connectivity index (χ1n) is 9.73. The molecule has 1 saturated heterocycles. The monoisotopic (exact) mass is 395 g/mol. The van der Waals surface area contributed by atoms with Gasteiger partial charge in [-0.2, -0.15) is 5.10 Å². The van der Waals surface area contributed by atoms with Crippen molar-refractivity contribution in [1.29, 1.82) is 0 Å². The Bertz CT molecular complexity index is 983. The highest BCUT2D eigenvalue weighted by Crippen LogP contribution is 2.33. The van der Waals surface area contributed by atoms with Crippen LogP contribution in [0.15, 0.2) is 43.4 Å². The zero-order valence-corrected chi connectivity index (χ0v) is 16.9. The molecule has 9 nitrogen and oxygen atoms in total. The molecule has 0 aromatic carbocycles. The summed E-state index contributed by atoms with van der Waals surface area (Å²) in [6, 6.07) is 1.94. The summed E-state index contributed by atoms with van der Waals surface area (Å²) < 4.78 is 7.32. The fourth-order valence-electron chi connectivity index (χ4n) is 3.60. The third-order valence-electron chi connectivity index (χ3n) is 4.78. The number of ether oxygens (including phenoxy) is 1. The number of hydrogen-bond acceptors (Lipinski definition) is 7. The Morgan fingerprint density at radius 2 is 2.07 bits per heavy atom. The summed E-state index contributed by atoms with van der Waals surface area (Å²) in [4.78, 5) is 29.4. The van der Waals surface area contributed by atoms with Crippen LogP contribution in [0.2, 0.25) is 0 Å². The predicted octanol–water partition coefficient (Wildman–Crippen LogP) is 3.06. The van der Waals surface area contributed by atoms with E-state index in [-0.39, 0.29) is 12.1 Å². The maximum absolute atomic E-state index is 12.6. The molecule has 152 valence electrons. The molecule has 4 heterocycles. The van der Waals surface area contributed by atoms with Gasteiger partial charge in [0.05, 0.1) is 29.6 Å². The van der Waals surface area contributed by atoms with Gasteiger partial charge < -0.3 is 14.5 Å². The van der Waals surface area contributed by atoms with E-state index in [1.54, 1.807) is 46.7 Å². The summed E-state index contributed by atoms with van der Waals surface area (Å²) in [5.74, 6) is 0.718.